The topological polar surface area (TPSA) is 42.2 Å². The first-order valence-corrected chi connectivity index (χ1v) is 7.74. The van der Waals surface area contributed by atoms with Gasteiger partial charge >= 0.3 is 0 Å². The van der Waals surface area contributed by atoms with Gasteiger partial charge in [-0.15, -0.1) is 0 Å². The minimum Gasteiger partial charge on any atom is -0.459 e. The van der Waals surface area contributed by atoms with E-state index in [2.05, 4.69) is 30.4 Å². The maximum Gasteiger partial charge on any atom is 0.287 e. The Labute approximate surface area is 125 Å². The van der Waals surface area contributed by atoms with Gasteiger partial charge in [-0.2, -0.15) is 0 Å². The van der Waals surface area contributed by atoms with Crippen molar-refractivity contribution in [2.24, 2.45) is 0 Å². The van der Waals surface area contributed by atoms with Crippen LogP contribution in [0.25, 0.3) is 0 Å². The summed E-state index contributed by atoms with van der Waals surface area (Å²) in [5, 5.41) is 3.06. The van der Waals surface area contributed by atoms with E-state index in [0.29, 0.717) is 5.76 Å². The first-order valence-electron chi connectivity index (χ1n) is 7.74. The van der Waals surface area contributed by atoms with Gasteiger partial charge in [0.1, 0.15) is 0 Å². The van der Waals surface area contributed by atoms with E-state index in [1.807, 2.05) is 0 Å². The van der Waals surface area contributed by atoms with E-state index in [4.69, 9.17) is 4.42 Å². The summed E-state index contributed by atoms with van der Waals surface area (Å²) in [6.45, 7) is 2.09. The number of furan rings is 1. The summed E-state index contributed by atoms with van der Waals surface area (Å²) in [6, 6.07) is 10.1. The van der Waals surface area contributed by atoms with Gasteiger partial charge < -0.3 is 9.73 Å². The van der Waals surface area contributed by atoms with Gasteiger partial charge in [-0.25, -0.2) is 0 Å². The predicted octanol–water partition coefficient (Wildman–Crippen LogP) is 4.04. The highest BCUT2D eigenvalue weighted by atomic mass is 16.3. The number of aryl methyl sites for hydroxylation is 2. The quantitative estimate of drug-likeness (QED) is 0.920. The lowest BCUT2D eigenvalue weighted by atomic mass is 9.89. The molecule has 1 amide bonds. The number of rotatable bonds is 4. The number of nitrogens with one attached hydrogen (secondary N) is 1. The normalized spacial score (nSPS) is 15.3. The molecule has 110 valence electrons. The van der Waals surface area contributed by atoms with Gasteiger partial charge in [-0.3, -0.25) is 4.79 Å². The van der Waals surface area contributed by atoms with Crippen LogP contribution >= 0.6 is 0 Å². The average Bonchev–Trinajstić information content (AvgIpc) is 3.06. The second-order valence-electron chi connectivity index (χ2n) is 5.65. The van der Waals surface area contributed by atoms with E-state index >= 15 is 0 Å². The second-order valence-corrected chi connectivity index (χ2v) is 5.65. The maximum absolute atomic E-state index is 12.1. The van der Waals surface area contributed by atoms with Crippen LogP contribution in [-0.4, -0.2) is 5.91 Å². The van der Waals surface area contributed by atoms with Crippen molar-refractivity contribution in [1.29, 1.82) is 0 Å². The van der Waals surface area contributed by atoms with Gasteiger partial charge in [0.05, 0.1) is 12.3 Å². The Morgan fingerprint density at radius 1 is 1.24 bits per heavy atom. The Hall–Kier alpha value is -2.03. The van der Waals surface area contributed by atoms with E-state index < -0.39 is 0 Å². The molecule has 0 bridgehead atoms. The van der Waals surface area contributed by atoms with Crippen molar-refractivity contribution < 1.29 is 9.21 Å². The summed E-state index contributed by atoms with van der Waals surface area (Å²) in [7, 11) is 0. The van der Waals surface area contributed by atoms with Crippen molar-refractivity contribution in [3.05, 3.63) is 59.0 Å². The predicted molar refractivity (Wildman–Crippen MR) is 82.3 cm³/mol. The summed E-state index contributed by atoms with van der Waals surface area (Å²) in [4.78, 5) is 12.1. The largest absolute Gasteiger partial charge is 0.459 e. The molecule has 21 heavy (non-hydrogen) atoms. The zero-order valence-electron chi connectivity index (χ0n) is 12.4. The summed E-state index contributed by atoms with van der Waals surface area (Å²) >= 11 is 0. The standard InChI is InChI=1S/C18H21NO2/c1-2-16(19-18(20)17-8-5-11-21-17)15-10-9-13-6-3-4-7-14(13)12-15/h5,8-12,16H,2-4,6-7H2,1H3,(H,19,20)/t16-/m1/s1. The average molecular weight is 283 g/mol. The van der Waals surface area contributed by atoms with Crippen LogP contribution in [0.15, 0.2) is 41.0 Å². The van der Waals surface area contributed by atoms with E-state index in [9.17, 15) is 4.79 Å². The highest BCUT2D eigenvalue weighted by Gasteiger charge is 2.18. The highest BCUT2D eigenvalue weighted by Crippen LogP contribution is 2.26. The molecule has 0 unspecified atom stereocenters. The molecule has 3 nitrogen and oxygen atoms in total. The van der Waals surface area contributed by atoms with Crippen LogP contribution in [0.5, 0.6) is 0 Å². The molecule has 0 fully saturated rings. The molecule has 1 heterocycles. The Balaban J connectivity index is 1.78. The lowest BCUT2D eigenvalue weighted by Crippen LogP contribution is -2.28. The number of benzene rings is 1. The van der Waals surface area contributed by atoms with E-state index in [1.165, 1.54) is 42.2 Å². The molecule has 2 aromatic rings. The zero-order valence-corrected chi connectivity index (χ0v) is 12.4. The van der Waals surface area contributed by atoms with Gasteiger partial charge in [-0.05, 0) is 60.9 Å². The molecule has 1 aliphatic rings. The SMILES string of the molecule is CC[C@@H](NC(=O)c1ccco1)c1ccc2c(c1)CCCC2. The fraction of sp³-hybridized carbons (Fsp3) is 0.389. The summed E-state index contributed by atoms with van der Waals surface area (Å²) < 4.78 is 5.16. The number of hydrogen-bond donors (Lipinski definition) is 1. The summed E-state index contributed by atoms with van der Waals surface area (Å²) in [6.07, 6.45) is 7.29. The van der Waals surface area contributed by atoms with E-state index in [1.54, 1.807) is 12.1 Å². The smallest absolute Gasteiger partial charge is 0.287 e. The van der Waals surface area contributed by atoms with Crippen LogP contribution in [0.1, 0.15) is 59.5 Å². The zero-order chi connectivity index (χ0) is 14.7. The van der Waals surface area contributed by atoms with Crippen LogP contribution in [0.3, 0.4) is 0 Å². The second kappa shape index (κ2) is 6.17. The van der Waals surface area contributed by atoms with Crippen LogP contribution < -0.4 is 5.32 Å². The minimum absolute atomic E-state index is 0.0369. The van der Waals surface area contributed by atoms with Gasteiger partial charge in [0.2, 0.25) is 0 Å². The van der Waals surface area contributed by atoms with Crippen molar-refractivity contribution in [2.45, 2.75) is 45.1 Å². The molecule has 0 radical (unpaired) electrons. The molecule has 1 N–H and O–H groups in total. The van der Waals surface area contributed by atoms with Crippen molar-refractivity contribution in [3.63, 3.8) is 0 Å². The number of amides is 1. The Kier molecular flexibility index (Phi) is 4.09. The Bertz CT molecular complexity index is 616. The first-order chi connectivity index (χ1) is 10.3. The molecular weight excluding hydrogens is 262 g/mol. The molecular formula is C18H21NO2. The summed E-state index contributed by atoms with van der Waals surface area (Å²) in [5.74, 6) is 0.219. The molecule has 0 saturated heterocycles. The fourth-order valence-corrected chi connectivity index (χ4v) is 3.03. The number of hydrogen-bond acceptors (Lipinski definition) is 2. The third-order valence-corrected chi connectivity index (χ3v) is 4.23. The molecule has 1 aliphatic carbocycles. The molecule has 1 aromatic heterocycles. The van der Waals surface area contributed by atoms with Gasteiger partial charge in [0, 0.05) is 0 Å². The van der Waals surface area contributed by atoms with Crippen molar-refractivity contribution >= 4 is 5.91 Å². The van der Waals surface area contributed by atoms with Crippen molar-refractivity contribution in [3.8, 4) is 0 Å². The lowest BCUT2D eigenvalue weighted by Gasteiger charge is -2.21. The van der Waals surface area contributed by atoms with Crippen LogP contribution in [-0.2, 0) is 12.8 Å². The molecule has 1 atom stereocenters. The fourth-order valence-electron chi connectivity index (χ4n) is 3.03. The van der Waals surface area contributed by atoms with Crippen molar-refractivity contribution in [1.82, 2.24) is 5.32 Å². The molecule has 1 aromatic carbocycles. The molecule has 0 aliphatic heterocycles. The highest BCUT2D eigenvalue weighted by molar-refractivity contribution is 5.91. The minimum atomic E-state index is -0.149. The molecule has 0 spiro atoms. The van der Waals surface area contributed by atoms with Gasteiger partial charge in [0.25, 0.3) is 5.91 Å². The van der Waals surface area contributed by atoms with E-state index in [-0.39, 0.29) is 11.9 Å². The number of fused-ring (bicyclic) bond motifs is 1. The third-order valence-electron chi connectivity index (χ3n) is 4.23. The molecule has 3 heteroatoms. The molecule has 3 rings (SSSR count). The monoisotopic (exact) mass is 283 g/mol. The lowest BCUT2D eigenvalue weighted by molar-refractivity contribution is 0.0907. The first kappa shape index (κ1) is 13.9. The molecule has 0 saturated carbocycles. The number of carbonyl (C=O) groups excluding carboxylic acids is 1. The van der Waals surface area contributed by atoms with Crippen LogP contribution in [0.2, 0.25) is 0 Å². The van der Waals surface area contributed by atoms with Crippen LogP contribution in [0, 0.1) is 0 Å². The van der Waals surface area contributed by atoms with Gasteiger partial charge in [0.15, 0.2) is 5.76 Å². The van der Waals surface area contributed by atoms with Gasteiger partial charge in [-0.1, -0.05) is 25.1 Å². The van der Waals surface area contributed by atoms with Crippen molar-refractivity contribution in [2.75, 3.05) is 0 Å². The summed E-state index contributed by atoms with van der Waals surface area (Å²) in [5.41, 5.74) is 4.11. The maximum atomic E-state index is 12.1. The Morgan fingerprint density at radius 3 is 2.76 bits per heavy atom. The third kappa shape index (κ3) is 3.02. The van der Waals surface area contributed by atoms with Crippen LogP contribution in [0.4, 0.5) is 0 Å². The Morgan fingerprint density at radius 2 is 2.05 bits per heavy atom. The van der Waals surface area contributed by atoms with E-state index in [0.717, 1.165) is 12.8 Å². The number of carbonyl (C=O) groups is 1.